The van der Waals surface area contributed by atoms with E-state index in [2.05, 4.69) is 32.0 Å². The molecule has 3 N–H and O–H groups in total. The molecule has 0 saturated heterocycles. The minimum absolute atomic E-state index is 0. The van der Waals surface area contributed by atoms with Gasteiger partial charge in [0, 0.05) is 0 Å². The molecule has 2 rings (SSSR count). The average Bonchev–Trinajstić information content (AvgIpc) is 2.45. The Morgan fingerprint density at radius 1 is 1.10 bits per heavy atom. The maximum atomic E-state index is 10.3. The van der Waals surface area contributed by atoms with Crippen LogP contribution in [-0.4, -0.2) is 11.2 Å². The second-order valence-electron chi connectivity index (χ2n) is 5.42. The maximum absolute atomic E-state index is 10.3. The van der Waals surface area contributed by atoms with Gasteiger partial charge in [0.05, 0.1) is 12.1 Å². The summed E-state index contributed by atoms with van der Waals surface area (Å²) < 4.78 is 0. The first kappa shape index (κ1) is 17.0. The Morgan fingerprint density at radius 3 is 2.30 bits per heavy atom. The number of aliphatic hydroxyl groups excluding tert-OH is 1. The molecule has 0 heterocycles. The Labute approximate surface area is 127 Å². The van der Waals surface area contributed by atoms with Crippen LogP contribution in [0.4, 0.5) is 0 Å². The lowest BCUT2D eigenvalue weighted by Crippen LogP contribution is -2.31. The van der Waals surface area contributed by atoms with E-state index in [-0.39, 0.29) is 24.4 Å². The van der Waals surface area contributed by atoms with E-state index in [0.29, 0.717) is 0 Å². The fourth-order valence-electron chi connectivity index (χ4n) is 2.54. The van der Waals surface area contributed by atoms with Gasteiger partial charge in [-0.2, -0.15) is 0 Å². The summed E-state index contributed by atoms with van der Waals surface area (Å²) >= 11 is 0. The molecule has 3 heteroatoms. The zero-order valence-corrected chi connectivity index (χ0v) is 13.2. The predicted octanol–water partition coefficient (Wildman–Crippen LogP) is 3.98. The fourth-order valence-corrected chi connectivity index (χ4v) is 2.54. The van der Waals surface area contributed by atoms with Crippen LogP contribution in [0, 0.1) is 12.8 Å². The van der Waals surface area contributed by atoms with E-state index in [1.165, 1.54) is 10.9 Å². The minimum atomic E-state index is -0.504. The van der Waals surface area contributed by atoms with Gasteiger partial charge in [-0.25, -0.2) is 0 Å². The van der Waals surface area contributed by atoms with Gasteiger partial charge >= 0.3 is 0 Å². The normalized spacial score (nSPS) is 15.4. The minimum Gasteiger partial charge on any atom is -0.391 e. The Bertz CT molecular complexity index is 570. The van der Waals surface area contributed by atoms with Gasteiger partial charge in [-0.1, -0.05) is 56.7 Å². The first-order valence-electron chi connectivity index (χ1n) is 6.98. The van der Waals surface area contributed by atoms with Gasteiger partial charge in [0.2, 0.25) is 0 Å². The lowest BCUT2D eigenvalue weighted by molar-refractivity contribution is 0.0884. The predicted molar refractivity (Wildman–Crippen MR) is 88.3 cm³/mol. The Hall–Kier alpha value is -1.09. The zero-order valence-electron chi connectivity index (χ0n) is 12.3. The number of aryl methyl sites for hydroxylation is 1. The fraction of sp³-hybridized carbons (Fsp3) is 0.412. The molecule has 0 aliphatic heterocycles. The summed E-state index contributed by atoms with van der Waals surface area (Å²) in [6, 6.07) is 12.1. The molecule has 0 bridgehead atoms. The topological polar surface area (TPSA) is 46.2 Å². The summed E-state index contributed by atoms with van der Waals surface area (Å²) in [5.74, 6) is 0.204. The van der Waals surface area contributed by atoms with Crippen molar-refractivity contribution in [3.05, 3.63) is 47.5 Å². The molecule has 0 saturated carbocycles. The maximum Gasteiger partial charge on any atom is 0.0758 e. The van der Waals surface area contributed by atoms with Crippen molar-refractivity contribution in [3.63, 3.8) is 0 Å². The first-order valence-corrected chi connectivity index (χ1v) is 6.98. The monoisotopic (exact) mass is 293 g/mol. The molecular weight excluding hydrogens is 270 g/mol. The summed E-state index contributed by atoms with van der Waals surface area (Å²) in [5, 5.41) is 12.7. The average molecular weight is 294 g/mol. The molecule has 2 nitrogen and oxygen atoms in total. The Kier molecular flexibility index (Phi) is 6.00. The van der Waals surface area contributed by atoms with Crippen LogP contribution in [0.2, 0.25) is 0 Å². The summed E-state index contributed by atoms with van der Waals surface area (Å²) in [6.07, 6.45) is 0.426. The van der Waals surface area contributed by atoms with E-state index in [1.807, 2.05) is 25.1 Å². The summed E-state index contributed by atoms with van der Waals surface area (Å²) in [6.45, 7) is 6.22. The quantitative estimate of drug-likeness (QED) is 0.896. The number of benzene rings is 2. The lowest BCUT2D eigenvalue weighted by atomic mass is 9.88. The standard InChI is InChI=1S/C17H23NO.ClH/c1-4-11(2)17(19)16(18)15-10-9-12(3)13-7-5-6-8-14(13)15;/h5-11,16-17,19H,4,18H2,1-3H3;1H/t11?,16-,17+;/m1./s1. The summed E-state index contributed by atoms with van der Waals surface area (Å²) in [4.78, 5) is 0. The molecule has 2 aromatic carbocycles. The molecule has 0 aliphatic rings. The van der Waals surface area contributed by atoms with Gasteiger partial charge in [0.25, 0.3) is 0 Å². The number of halogens is 1. The van der Waals surface area contributed by atoms with E-state index < -0.39 is 6.10 Å². The van der Waals surface area contributed by atoms with Crippen LogP contribution in [0.3, 0.4) is 0 Å². The van der Waals surface area contributed by atoms with Gasteiger partial charge in [0.15, 0.2) is 0 Å². The van der Waals surface area contributed by atoms with E-state index in [1.54, 1.807) is 0 Å². The molecule has 0 amide bonds. The smallest absolute Gasteiger partial charge is 0.0758 e. The van der Waals surface area contributed by atoms with Crippen molar-refractivity contribution < 1.29 is 5.11 Å². The molecule has 20 heavy (non-hydrogen) atoms. The van der Waals surface area contributed by atoms with Crippen LogP contribution in [-0.2, 0) is 0 Å². The van der Waals surface area contributed by atoms with E-state index in [9.17, 15) is 5.11 Å². The summed E-state index contributed by atoms with van der Waals surface area (Å²) in [7, 11) is 0. The number of hydrogen-bond acceptors (Lipinski definition) is 2. The number of fused-ring (bicyclic) bond motifs is 1. The molecule has 2 aromatic rings. The Balaban J connectivity index is 0.00000200. The molecule has 0 aliphatic carbocycles. The van der Waals surface area contributed by atoms with Crippen LogP contribution in [0.15, 0.2) is 36.4 Å². The van der Waals surface area contributed by atoms with Crippen molar-refractivity contribution >= 4 is 23.2 Å². The molecule has 0 radical (unpaired) electrons. The number of nitrogens with two attached hydrogens (primary N) is 1. The number of rotatable bonds is 4. The van der Waals surface area contributed by atoms with Gasteiger partial charge in [-0.3, -0.25) is 0 Å². The molecule has 0 fully saturated rings. The van der Waals surface area contributed by atoms with Gasteiger partial charge < -0.3 is 10.8 Å². The van der Waals surface area contributed by atoms with Crippen LogP contribution in [0.5, 0.6) is 0 Å². The molecule has 0 spiro atoms. The highest BCUT2D eigenvalue weighted by molar-refractivity contribution is 5.89. The highest BCUT2D eigenvalue weighted by atomic mass is 35.5. The van der Waals surface area contributed by atoms with E-state index in [4.69, 9.17) is 5.73 Å². The van der Waals surface area contributed by atoms with E-state index >= 15 is 0 Å². The van der Waals surface area contributed by atoms with Gasteiger partial charge in [-0.05, 0) is 34.7 Å². The highest BCUT2D eigenvalue weighted by Crippen LogP contribution is 2.29. The third-order valence-corrected chi connectivity index (χ3v) is 4.13. The molecule has 1 unspecified atom stereocenters. The summed E-state index contributed by atoms with van der Waals surface area (Å²) in [5.41, 5.74) is 8.56. The second kappa shape index (κ2) is 7.07. The first-order chi connectivity index (χ1) is 9.06. The zero-order chi connectivity index (χ0) is 14.0. The molecule has 110 valence electrons. The number of aliphatic hydroxyl groups is 1. The van der Waals surface area contributed by atoms with Crippen LogP contribution in [0.25, 0.3) is 10.8 Å². The van der Waals surface area contributed by atoms with Crippen molar-refractivity contribution in [1.82, 2.24) is 0 Å². The molecule has 3 atom stereocenters. The van der Waals surface area contributed by atoms with Crippen molar-refractivity contribution in [1.29, 1.82) is 0 Å². The van der Waals surface area contributed by atoms with Gasteiger partial charge in [-0.15, -0.1) is 12.4 Å². The van der Waals surface area contributed by atoms with Crippen molar-refractivity contribution in [3.8, 4) is 0 Å². The van der Waals surface area contributed by atoms with Crippen molar-refractivity contribution in [2.45, 2.75) is 39.3 Å². The van der Waals surface area contributed by atoms with Crippen molar-refractivity contribution in [2.24, 2.45) is 11.7 Å². The SMILES string of the molecule is CCC(C)[C@H](O)[C@H](N)c1ccc(C)c2ccccc12.Cl. The third-order valence-electron chi connectivity index (χ3n) is 4.13. The molecule has 0 aromatic heterocycles. The van der Waals surface area contributed by atoms with Crippen molar-refractivity contribution in [2.75, 3.05) is 0 Å². The second-order valence-corrected chi connectivity index (χ2v) is 5.42. The van der Waals surface area contributed by atoms with Crippen LogP contribution >= 0.6 is 12.4 Å². The number of hydrogen-bond donors (Lipinski definition) is 2. The highest BCUT2D eigenvalue weighted by Gasteiger charge is 2.23. The lowest BCUT2D eigenvalue weighted by Gasteiger charge is -2.25. The van der Waals surface area contributed by atoms with E-state index in [0.717, 1.165) is 17.4 Å². The Morgan fingerprint density at radius 2 is 1.70 bits per heavy atom. The molecular formula is C17H24ClNO. The third kappa shape index (κ3) is 3.14. The van der Waals surface area contributed by atoms with Gasteiger partial charge in [0.1, 0.15) is 0 Å². The largest absolute Gasteiger partial charge is 0.391 e. The van der Waals surface area contributed by atoms with Crippen LogP contribution in [0.1, 0.15) is 37.4 Å². The van der Waals surface area contributed by atoms with Crippen LogP contribution < -0.4 is 5.73 Å².